The van der Waals surface area contributed by atoms with Crippen molar-refractivity contribution in [3.8, 4) is 0 Å². The Morgan fingerprint density at radius 1 is 1.46 bits per heavy atom. The van der Waals surface area contributed by atoms with Gasteiger partial charge in [-0.3, -0.25) is 5.41 Å². The van der Waals surface area contributed by atoms with E-state index in [2.05, 4.69) is 17.6 Å². The number of rotatable bonds is 2. The number of amidine groups is 1. The fourth-order valence-electron chi connectivity index (χ4n) is 1.42. The van der Waals surface area contributed by atoms with Gasteiger partial charge in [0.2, 0.25) is 0 Å². The third-order valence-electron chi connectivity index (χ3n) is 1.99. The van der Waals surface area contributed by atoms with Crippen LogP contribution < -0.4 is 10.6 Å². The van der Waals surface area contributed by atoms with Crippen LogP contribution in [0.3, 0.4) is 0 Å². The maximum atomic E-state index is 7.46. The maximum Gasteiger partial charge on any atom is 0.108 e. The quantitative estimate of drug-likeness (QED) is 0.671. The molecule has 1 atom stereocenters. The lowest BCUT2D eigenvalue weighted by Crippen LogP contribution is -2.34. The molecule has 1 aliphatic heterocycles. The van der Waals surface area contributed by atoms with E-state index in [1.807, 2.05) is 0 Å². The van der Waals surface area contributed by atoms with Gasteiger partial charge in [-0.25, -0.2) is 0 Å². The molecule has 0 aromatic heterocycles. The molecule has 1 fully saturated rings. The van der Waals surface area contributed by atoms with Crippen LogP contribution in [0.4, 0.5) is 0 Å². The monoisotopic (exact) mass is 227 g/mol. The van der Waals surface area contributed by atoms with E-state index in [0.717, 1.165) is 13.0 Å². The van der Waals surface area contributed by atoms with Gasteiger partial charge in [0.25, 0.3) is 0 Å². The van der Waals surface area contributed by atoms with E-state index in [4.69, 9.17) is 5.41 Å². The van der Waals surface area contributed by atoms with Gasteiger partial charge in [0.1, 0.15) is 5.84 Å². The third kappa shape index (κ3) is 6.13. The van der Waals surface area contributed by atoms with Crippen LogP contribution in [0, 0.1) is 5.41 Å². The molecule has 0 radical (unpaired) electrons. The summed E-state index contributed by atoms with van der Waals surface area (Å²) in [6.45, 7) is 3.93. The van der Waals surface area contributed by atoms with E-state index in [0.29, 0.717) is 18.4 Å². The Morgan fingerprint density at radius 2 is 2.15 bits per heavy atom. The Bertz CT molecular complexity index is 141. The van der Waals surface area contributed by atoms with Gasteiger partial charge >= 0.3 is 0 Å². The maximum absolute atomic E-state index is 7.46. The Labute approximate surface area is 92.4 Å². The highest BCUT2D eigenvalue weighted by Gasteiger charge is 2.11. The van der Waals surface area contributed by atoms with Crippen LogP contribution in [0.15, 0.2) is 0 Å². The molecule has 1 rings (SSSR count). The first-order valence-corrected chi connectivity index (χ1v) is 4.37. The number of hydrogen-bond donors (Lipinski definition) is 3. The molecular weight excluding hydrogens is 209 g/mol. The lowest BCUT2D eigenvalue weighted by Gasteiger charge is -2.14. The first-order valence-electron chi connectivity index (χ1n) is 4.37. The zero-order chi connectivity index (χ0) is 8.10. The third-order valence-corrected chi connectivity index (χ3v) is 1.99. The summed E-state index contributed by atoms with van der Waals surface area (Å²) in [4.78, 5) is 0. The minimum absolute atomic E-state index is 0. The summed E-state index contributed by atoms with van der Waals surface area (Å²) in [5.41, 5.74) is 0. The first-order chi connectivity index (χ1) is 5.33. The van der Waals surface area contributed by atoms with Gasteiger partial charge in [0.05, 0.1) is 6.54 Å². The largest absolute Gasteiger partial charge is 0.370 e. The zero-order valence-electron chi connectivity index (χ0n) is 7.93. The molecular formula is C8H19Cl2N3. The summed E-state index contributed by atoms with van der Waals surface area (Å²) < 4.78 is 0. The van der Waals surface area contributed by atoms with Gasteiger partial charge in [-0.1, -0.05) is 13.3 Å². The smallest absolute Gasteiger partial charge is 0.108 e. The van der Waals surface area contributed by atoms with E-state index >= 15 is 0 Å². The van der Waals surface area contributed by atoms with Crippen LogP contribution in [-0.4, -0.2) is 25.0 Å². The van der Waals surface area contributed by atoms with Crippen molar-refractivity contribution in [3.05, 3.63) is 0 Å². The minimum atomic E-state index is 0. The Balaban J connectivity index is 0. The molecule has 3 nitrogen and oxygen atoms in total. The van der Waals surface area contributed by atoms with Crippen LogP contribution in [0.5, 0.6) is 0 Å². The topological polar surface area (TPSA) is 47.9 Å². The van der Waals surface area contributed by atoms with Crippen molar-refractivity contribution < 1.29 is 0 Å². The van der Waals surface area contributed by atoms with E-state index in [1.165, 1.54) is 12.8 Å². The van der Waals surface area contributed by atoms with Gasteiger partial charge in [-0.15, -0.1) is 24.8 Å². The number of nitrogens with one attached hydrogen (secondary N) is 3. The molecule has 0 saturated carbocycles. The second-order valence-electron chi connectivity index (χ2n) is 3.07. The van der Waals surface area contributed by atoms with E-state index < -0.39 is 0 Å². The average molecular weight is 228 g/mol. The molecule has 0 aliphatic carbocycles. The Hall–Kier alpha value is 0.01000. The predicted octanol–water partition coefficient (Wildman–Crippen LogP) is 1.56. The fourth-order valence-corrected chi connectivity index (χ4v) is 1.42. The van der Waals surface area contributed by atoms with Crippen LogP contribution in [0.1, 0.15) is 26.2 Å². The highest BCUT2D eigenvalue weighted by Crippen LogP contribution is 2.02. The number of hydrogen-bond acceptors (Lipinski definition) is 2. The van der Waals surface area contributed by atoms with Crippen molar-refractivity contribution in [1.29, 1.82) is 5.41 Å². The summed E-state index contributed by atoms with van der Waals surface area (Å²) in [5, 5.41) is 13.9. The minimum Gasteiger partial charge on any atom is -0.370 e. The lowest BCUT2D eigenvalue weighted by atomic mass is 10.1. The molecule has 0 aromatic carbocycles. The van der Waals surface area contributed by atoms with Gasteiger partial charge in [0, 0.05) is 6.04 Å². The standard InChI is InChI=1S/C8H17N3.2ClH/c1-2-3-7-4-5-10-6-8(9)11-7;;/h7,10H,2-6H2,1H3,(H2,9,11);2*1H. The van der Waals surface area contributed by atoms with E-state index in [9.17, 15) is 0 Å². The van der Waals surface area contributed by atoms with Gasteiger partial charge < -0.3 is 10.6 Å². The van der Waals surface area contributed by atoms with Gasteiger partial charge in [0.15, 0.2) is 0 Å². The van der Waals surface area contributed by atoms with Crippen LogP contribution in [0.25, 0.3) is 0 Å². The fraction of sp³-hybridized carbons (Fsp3) is 0.875. The summed E-state index contributed by atoms with van der Waals surface area (Å²) in [6.07, 6.45) is 3.53. The summed E-state index contributed by atoms with van der Waals surface area (Å²) in [6, 6.07) is 0.530. The molecule has 80 valence electrons. The molecule has 1 aliphatic rings. The average Bonchev–Trinajstić information content (AvgIpc) is 2.15. The molecule has 0 bridgehead atoms. The molecule has 3 N–H and O–H groups in total. The lowest BCUT2D eigenvalue weighted by molar-refractivity contribution is 0.520. The van der Waals surface area contributed by atoms with Crippen molar-refractivity contribution in [2.75, 3.05) is 13.1 Å². The van der Waals surface area contributed by atoms with Crippen molar-refractivity contribution in [2.45, 2.75) is 32.2 Å². The van der Waals surface area contributed by atoms with Crippen molar-refractivity contribution in [2.24, 2.45) is 0 Å². The molecule has 5 heteroatoms. The summed E-state index contributed by atoms with van der Waals surface area (Å²) in [7, 11) is 0. The Morgan fingerprint density at radius 3 is 2.77 bits per heavy atom. The van der Waals surface area contributed by atoms with Crippen LogP contribution >= 0.6 is 24.8 Å². The first kappa shape index (κ1) is 15.5. The molecule has 1 saturated heterocycles. The van der Waals surface area contributed by atoms with Crippen molar-refractivity contribution in [1.82, 2.24) is 10.6 Å². The molecule has 0 aromatic rings. The van der Waals surface area contributed by atoms with Crippen molar-refractivity contribution in [3.63, 3.8) is 0 Å². The molecule has 0 amide bonds. The van der Waals surface area contributed by atoms with Crippen LogP contribution in [0.2, 0.25) is 0 Å². The van der Waals surface area contributed by atoms with Crippen molar-refractivity contribution >= 4 is 30.6 Å². The normalized spacial score (nSPS) is 21.9. The molecule has 1 unspecified atom stereocenters. The van der Waals surface area contributed by atoms with Gasteiger partial charge in [-0.05, 0) is 19.4 Å². The SMILES string of the molecule is CCCC1CCNCC(=N)N1.Cl.Cl. The van der Waals surface area contributed by atoms with Crippen LogP contribution in [-0.2, 0) is 0 Å². The second kappa shape index (κ2) is 8.60. The van der Waals surface area contributed by atoms with Gasteiger partial charge in [-0.2, -0.15) is 0 Å². The summed E-state index contributed by atoms with van der Waals surface area (Å²) in [5.74, 6) is 0.640. The highest BCUT2D eigenvalue weighted by molar-refractivity contribution is 5.85. The number of halogens is 2. The molecule has 13 heavy (non-hydrogen) atoms. The molecule has 0 spiro atoms. The van der Waals surface area contributed by atoms with E-state index in [1.54, 1.807) is 0 Å². The Kier molecular flexibility index (Phi) is 10.2. The highest BCUT2D eigenvalue weighted by atomic mass is 35.5. The van der Waals surface area contributed by atoms with E-state index in [-0.39, 0.29) is 24.8 Å². The second-order valence-corrected chi connectivity index (χ2v) is 3.07. The zero-order valence-corrected chi connectivity index (χ0v) is 9.56. The predicted molar refractivity (Wildman–Crippen MR) is 61.5 cm³/mol. The summed E-state index contributed by atoms with van der Waals surface area (Å²) >= 11 is 0. The molecule has 1 heterocycles.